The molecule has 1 heterocycles. The van der Waals surface area contributed by atoms with Gasteiger partial charge >= 0.3 is 23.8 Å². The Morgan fingerprint density at radius 2 is 1.83 bits per heavy atom. The molecule has 98 valence electrons. The summed E-state index contributed by atoms with van der Waals surface area (Å²) in [5.74, 6) is -4.18. The molecular weight excluding hydrogens is 246 g/mol. The van der Waals surface area contributed by atoms with Crippen LogP contribution in [0.15, 0.2) is 0 Å². The molecule has 2 N–H and O–H groups in total. The van der Waals surface area contributed by atoms with Gasteiger partial charge in [-0.05, 0) is 0 Å². The first-order valence-corrected chi connectivity index (χ1v) is 4.89. The first-order valence-electron chi connectivity index (χ1n) is 4.89. The highest BCUT2D eigenvalue weighted by Gasteiger charge is 2.43. The lowest BCUT2D eigenvalue weighted by Gasteiger charge is -2.18. The molecule has 0 aromatic heterocycles. The van der Waals surface area contributed by atoms with E-state index in [1.807, 2.05) is 0 Å². The van der Waals surface area contributed by atoms with Crippen molar-refractivity contribution in [1.29, 1.82) is 0 Å². The number of urea groups is 1. The molecule has 1 aliphatic rings. The SMILES string of the molecule is CC(=O)NC(CN1C(=O)C(=O)N(C)C1=O)C(=O)O. The topological polar surface area (TPSA) is 124 Å². The number of carboxylic acids is 1. The number of nitrogens with zero attached hydrogens (tertiary/aromatic N) is 2. The second kappa shape index (κ2) is 4.82. The van der Waals surface area contributed by atoms with Crippen molar-refractivity contribution in [2.75, 3.05) is 13.6 Å². The number of imide groups is 2. The number of carbonyl (C=O) groups is 5. The van der Waals surface area contributed by atoms with Crippen LogP contribution in [0.25, 0.3) is 0 Å². The van der Waals surface area contributed by atoms with Crippen LogP contribution in [-0.2, 0) is 19.2 Å². The van der Waals surface area contributed by atoms with Crippen molar-refractivity contribution >= 4 is 29.7 Å². The Labute approximate surface area is 101 Å². The van der Waals surface area contributed by atoms with Crippen LogP contribution < -0.4 is 5.32 Å². The lowest BCUT2D eigenvalue weighted by molar-refractivity contribution is -0.145. The molecule has 1 atom stereocenters. The first kappa shape index (κ1) is 13.6. The van der Waals surface area contributed by atoms with Crippen molar-refractivity contribution in [2.45, 2.75) is 13.0 Å². The van der Waals surface area contributed by atoms with E-state index in [9.17, 15) is 24.0 Å². The Hall–Kier alpha value is -2.45. The number of hydrogen-bond donors (Lipinski definition) is 2. The van der Waals surface area contributed by atoms with E-state index in [4.69, 9.17) is 5.11 Å². The molecule has 9 nitrogen and oxygen atoms in total. The summed E-state index contributed by atoms with van der Waals surface area (Å²) in [6.07, 6.45) is 0. The van der Waals surface area contributed by atoms with Crippen LogP contribution >= 0.6 is 0 Å². The number of carbonyl (C=O) groups excluding carboxylic acids is 4. The third kappa shape index (κ3) is 2.44. The van der Waals surface area contributed by atoms with Crippen LogP contribution in [0.1, 0.15) is 6.92 Å². The highest BCUT2D eigenvalue weighted by atomic mass is 16.4. The van der Waals surface area contributed by atoms with Crippen LogP contribution in [0, 0.1) is 0 Å². The van der Waals surface area contributed by atoms with E-state index in [1.54, 1.807) is 0 Å². The van der Waals surface area contributed by atoms with Crippen LogP contribution in [0.2, 0.25) is 0 Å². The second-order valence-electron chi connectivity index (χ2n) is 3.65. The zero-order valence-corrected chi connectivity index (χ0v) is 9.67. The summed E-state index contributed by atoms with van der Waals surface area (Å²) < 4.78 is 0. The highest BCUT2D eigenvalue weighted by molar-refractivity contribution is 6.44. The molecule has 0 aromatic carbocycles. The summed E-state index contributed by atoms with van der Waals surface area (Å²) in [5.41, 5.74) is 0. The molecule has 1 saturated heterocycles. The van der Waals surface area contributed by atoms with E-state index in [2.05, 4.69) is 5.32 Å². The number of nitrogens with one attached hydrogen (secondary N) is 1. The normalized spacial score (nSPS) is 17.1. The zero-order chi connectivity index (χ0) is 14.0. The van der Waals surface area contributed by atoms with E-state index in [1.165, 1.54) is 0 Å². The fourth-order valence-corrected chi connectivity index (χ4v) is 1.39. The van der Waals surface area contributed by atoms with Gasteiger partial charge in [0.1, 0.15) is 6.04 Å². The Balaban J connectivity index is 2.85. The Bertz CT molecular complexity index is 446. The number of hydrogen-bond acceptors (Lipinski definition) is 5. The molecule has 1 aliphatic heterocycles. The standard InChI is InChI=1S/C9H11N3O6/c1-4(13)10-5(8(16)17)3-12-7(15)6(14)11(2)9(12)18/h5H,3H2,1-2H3,(H,10,13)(H,16,17). The summed E-state index contributed by atoms with van der Waals surface area (Å²) in [5, 5.41) is 10.9. The maximum Gasteiger partial charge on any atom is 0.334 e. The van der Waals surface area contributed by atoms with Crippen LogP contribution in [0.3, 0.4) is 0 Å². The van der Waals surface area contributed by atoms with Crippen molar-refractivity contribution in [2.24, 2.45) is 0 Å². The van der Waals surface area contributed by atoms with Crippen LogP contribution in [0.4, 0.5) is 4.79 Å². The maximum absolute atomic E-state index is 11.5. The predicted molar refractivity (Wildman–Crippen MR) is 55.1 cm³/mol. The van der Waals surface area contributed by atoms with Crippen LogP contribution in [0.5, 0.6) is 0 Å². The summed E-state index contributed by atoms with van der Waals surface area (Å²) >= 11 is 0. The maximum atomic E-state index is 11.5. The molecule has 0 spiro atoms. The Morgan fingerprint density at radius 3 is 2.17 bits per heavy atom. The van der Waals surface area contributed by atoms with Gasteiger partial charge in [-0.3, -0.25) is 24.2 Å². The first-order chi connectivity index (χ1) is 8.25. The minimum absolute atomic E-state index is 0.483. The number of aliphatic carboxylic acids is 1. The van der Waals surface area contributed by atoms with Gasteiger partial charge in [0.05, 0.1) is 6.54 Å². The van der Waals surface area contributed by atoms with Gasteiger partial charge in [0.2, 0.25) is 5.91 Å². The fraction of sp³-hybridized carbons (Fsp3) is 0.444. The molecule has 0 bridgehead atoms. The van der Waals surface area contributed by atoms with Crippen molar-refractivity contribution < 1.29 is 29.1 Å². The van der Waals surface area contributed by atoms with Crippen LogP contribution in [-0.4, -0.2) is 64.3 Å². The summed E-state index contributed by atoms with van der Waals surface area (Å²) in [4.78, 5) is 56.7. The average Bonchev–Trinajstić information content (AvgIpc) is 2.45. The molecule has 5 amide bonds. The van der Waals surface area contributed by atoms with E-state index in [-0.39, 0.29) is 0 Å². The van der Waals surface area contributed by atoms with E-state index < -0.39 is 42.3 Å². The van der Waals surface area contributed by atoms with Crippen molar-refractivity contribution in [3.63, 3.8) is 0 Å². The van der Waals surface area contributed by atoms with E-state index in [0.717, 1.165) is 14.0 Å². The minimum Gasteiger partial charge on any atom is -0.480 e. The van der Waals surface area contributed by atoms with Gasteiger partial charge in [0.25, 0.3) is 0 Å². The largest absolute Gasteiger partial charge is 0.480 e. The predicted octanol–water partition coefficient (Wildman–Crippen LogP) is -2.00. The number of amides is 5. The molecule has 0 aromatic rings. The van der Waals surface area contributed by atoms with Crippen molar-refractivity contribution in [3.05, 3.63) is 0 Å². The van der Waals surface area contributed by atoms with Crippen molar-refractivity contribution in [1.82, 2.24) is 15.1 Å². The minimum atomic E-state index is -1.45. The quantitative estimate of drug-likeness (QED) is 0.443. The lowest BCUT2D eigenvalue weighted by atomic mass is 10.2. The van der Waals surface area contributed by atoms with Gasteiger partial charge in [-0.1, -0.05) is 0 Å². The average molecular weight is 257 g/mol. The fourth-order valence-electron chi connectivity index (χ4n) is 1.39. The molecule has 1 unspecified atom stereocenters. The van der Waals surface area contributed by atoms with E-state index >= 15 is 0 Å². The van der Waals surface area contributed by atoms with Gasteiger partial charge in [-0.15, -0.1) is 0 Å². The monoisotopic (exact) mass is 257 g/mol. The van der Waals surface area contributed by atoms with Gasteiger partial charge in [0, 0.05) is 14.0 Å². The molecule has 0 radical (unpaired) electrons. The van der Waals surface area contributed by atoms with E-state index in [0.29, 0.717) is 9.80 Å². The third-order valence-electron chi connectivity index (χ3n) is 2.29. The summed E-state index contributed by atoms with van der Waals surface area (Å²) in [7, 11) is 1.11. The lowest BCUT2D eigenvalue weighted by Crippen LogP contribution is -2.49. The van der Waals surface area contributed by atoms with Crippen molar-refractivity contribution in [3.8, 4) is 0 Å². The summed E-state index contributed by atoms with van der Waals surface area (Å²) in [6, 6.07) is -2.36. The number of carboxylic acid groups (broad SMARTS) is 1. The summed E-state index contributed by atoms with van der Waals surface area (Å²) in [6.45, 7) is 0.503. The molecule has 18 heavy (non-hydrogen) atoms. The molecular formula is C9H11N3O6. The molecule has 9 heteroatoms. The van der Waals surface area contributed by atoms with Gasteiger partial charge < -0.3 is 10.4 Å². The second-order valence-corrected chi connectivity index (χ2v) is 3.65. The highest BCUT2D eigenvalue weighted by Crippen LogP contribution is 2.10. The zero-order valence-electron chi connectivity index (χ0n) is 9.67. The smallest absolute Gasteiger partial charge is 0.334 e. The number of likely N-dealkylation sites (N-methyl/N-ethyl adjacent to an activating group) is 1. The van der Waals surface area contributed by atoms with Gasteiger partial charge in [-0.2, -0.15) is 0 Å². The molecule has 1 fully saturated rings. The van der Waals surface area contributed by atoms with Gasteiger partial charge in [0.15, 0.2) is 0 Å². The third-order valence-corrected chi connectivity index (χ3v) is 2.29. The van der Waals surface area contributed by atoms with Gasteiger partial charge in [-0.25, -0.2) is 9.59 Å². The Morgan fingerprint density at radius 1 is 1.28 bits per heavy atom. The molecule has 0 aliphatic carbocycles. The molecule has 0 saturated carbocycles. The Kier molecular flexibility index (Phi) is 3.64. The number of rotatable bonds is 4. The molecule has 1 rings (SSSR count).